The molecule has 0 aliphatic carbocycles. The van der Waals surface area contributed by atoms with Crippen LogP contribution in [0, 0.1) is 12.7 Å². The Balaban J connectivity index is 2.27. The normalized spacial score (nSPS) is 12.2. The number of rotatable bonds is 5. The Morgan fingerprint density at radius 3 is 2.60 bits per heavy atom. The third-order valence-corrected chi connectivity index (χ3v) is 3.47. The van der Waals surface area contributed by atoms with E-state index in [-0.39, 0.29) is 11.9 Å². The first-order valence-corrected chi connectivity index (χ1v) is 6.49. The number of hydrogen-bond acceptors (Lipinski definition) is 3. The number of aryl methyl sites for hydroxylation is 1. The molecular weight excluding hydrogens is 255 g/mol. The van der Waals surface area contributed by atoms with Crippen molar-refractivity contribution in [3.05, 3.63) is 65.0 Å². The third kappa shape index (κ3) is 3.15. The molecule has 2 rings (SSSR count). The maximum atomic E-state index is 14.1. The van der Waals surface area contributed by atoms with Gasteiger partial charge >= 0.3 is 0 Å². The number of hydrazine groups is 1. The zero-order chi connectivity index (χ0) is 14.5. The number of nitrogens with one attached hydrogen (secondary N) is 1. The van der Waals surface area contributed by atoms with Gasteiger partial charge in [-0.15, -0.1) is 0 Å². The quantitative estimate of drug-likeness (QED) is 0.651. The van der Waals surface area contributed by atoms with Gasteiger partial charge in [0.05, 0.1) is 13.2 Å². The maximum Gasteiger partial charge on any atom is 0.131 e. The van der Waals surface area contributed by atoms with Crippen LogP contribution in [0.15, 0.2) is 42.5 Å². The van der Waals surface area contributed by atoms with Crippen molar-refractivity contribution in [2.75, 3.05) is 7.11 Å². The van der Waals surface area contributed by atoms with Gasteiger partial charge in [0.2, 0.25) is 0 Å². The molecule has 0 aliphatic rings. The van der Waals surface area contributed by atoms with Crippen LogP contribution in [0.25, 0.3) is 0 Å². The Hall–Kier alpha value is -1.91. The van der Waals surface area contributed by atoms with Gasteiger partial charge in [0, 0.05) is 11.6 Å². The van der Waals surface area contributed by atoms with Crippen LogP contribution >= 0.6 is 0 Å². The lowest BCUT2D eigenvalue weighted by molar-refractivity contribution is 0.409. The summed E-state index contributed by atoms with van der Waals surface area (Å²) in [5.74, 6) is 5.77. The predicted molar refractivity (Wildman–Crippen MR) is 77.9 cm³/mol. The van der Waals surface area contributed by atoms with E-state index in [9.17, 15) is 4.39 Å². The van der Waals surface area contributed by atoms with Gasteiger partial charge in [0.25, 0.3) is 0 Å². The largest absolute Gasteiger partial charge is 0.497 e. The van der Waals surface area contributed by atoms with Crippen LogP contribution in [0.3, 0.4) is 0 Å². The van der Waals surface area contributed by atoms with Gasteiger partial charge in [-0.05, 0) is 30.5 Å². The van der Waals surface area contributed by atoms with E-state index in [2.05, 4.69) is 5.43 Å². The van der Waals surface area contributed by atoms with Crippen molar-refractivity contribution in [2.24, 2.45) is 5.84 Å². The van der Waals surface area contributed by atoms with Gasteiger partial charge in [-0.2, -0.15) is 0 Å². The van der Waals surface area contributed by atoms with Gasteiger partial charge in [-0.1, -0.05) is 30.3 Å². The highest BCUT2D eigenvalue weighted by molar-refractivity contribution is 5.33. The van der Waals surface area contributed by atoms with Gasteiger partial charge in [0.1, 0.15) is 11.6 Å². The predicted octanol–water partition coefficient (Wildman–Crippen LogP) is 2.89. The first-order chi connectivity index (χ1) is 9.65. The number of halogens is 1. The summed E-state index contributed by atoms with van der Waals surface area (Å²) in [6, 6.07) is 12.6. The molecule has 20 heavy (non-hydrogen) atoms. The van der Waals surface area contributed by atoms with Crippen molar-refractivity contribution in [3.63, 3.8) is 0 Å². The SMILES string of the molecule is COc1ccc(C(Cc2ccccc2C)NN)c(F)c1. The molecule has 0 aromatic heterocycles. The summed E-state index contributed by atoms with van der Waals surface area (Å²) in [6.45, 7) is 2.04. The first-order valence-electron chi connectivity index (χ1n) is 6.49. The van der Waals surface area contributed by atoms with Crippen molar-refractivity contribution < 1.29 is 9.13 Å². The number of benzene rings is 2. The summed E-state index contributed by atoms with van der Waals surface area (Å²) in [5, 5.41) is 0. The maximum absolute atomic E-state index is 14.1. The molecule has 0 heterocycles. The molecule has 2 aromatic carbocycles. The molecule has 0 fully saturated rings. The van der Waals surface area contributed by atoms with E-state index in [4.69, 9.17) is 10.6 Å². The van der Waals surface area contributed by atoms with Gasteiger partial charge in [0.15, 0.2) is 0 Å². The molecule has 0 saturated carbocycles. The summed E-state index contributed by atoms with van der Waals surface area (Å²) in [6.07, 6.45) is 0.631. The second-order valence-corrected chi connectivity index (χ2v) is 4.74. The lowest BCUT2D eigenvalue weighted by Gasteiger charge is -2.18. The van der Waals surface area contributed by atoms with Crippen molar-refractivity contribution in [1.29, 1.82) is 0 Å². The second-order valence-electron chi connectivity index (χ2n) is 4.74. The first kappa shape index (κ1) is 14.5. The van der Waals surface area contributed by atoms with E-state index < -0.39 is 0 Å². The molecule has 106 valence electrons. The number of ether oxygens (including phenoxy) is 1. The van der Waals surface area contributed by atoms with E-state index in [1.807, 2.05) is 31.2 Å². The Morgan fingerprint density at radius 2 is 2.00 bits per heavy atom. The van der Waals surface area contributed by atoms with E-state index in [0.717, 1.165) is 5.56 Å². The Morgan fingerprint density at radius 1 is 1.25 bits per heavy atom. The van der Waals surface area contributed by atoms with Crippen LogP contribution in [0.1, 0.15) is 22.7 Å². The van der Waals surface area contributed by atoms with Crippen molar-refractivity contribution in [1.82, 2.24) is 5.43 Å². The molecule has 1 atom stereocenters. The van der Waals surface area contributed by atoms with E-state index in [0.29, 0.717) is 17.7 Å². The summed E-state index contributed by atoms with van der Waals surface area (Å²) in [4.78, 5) is 0. The van der Waals surface area contributed by atoms with Crippen LogP contribution < -0.4 is 16.0 Å². The Labute approximate surface area is 118 Å². The minimum Gasteiger partial charge on any atom is -0.497 e. The summed E-state index contributed by atoms with van der Waals surface area (Å²) in [5.41, 5.74) is 5.54. The molecule has 0 saturated heterocycles. The monoisotopic (exact) mass is 274 g/mol. The minimum atomic E-state index is -0.319. The molecule has 0 aliphatic heterocycles. The molecule has 0 spiro atoms. The fourth-order valence-corrected chi connectivity index (χ4v) is 2.24. The van der Waals surface area contributed by atoms with Crippen molar-refractivity contribution >= 4 is 0 Å². The van der Waals surface area contributed by atoms with Crippen molar-refractivity contribution in [3.8, 4) is 5.75 Å². The van der Waals surface area contributed by atoms with Crippen LogP contribution in [0.4, 0.5) is 4.39 Å². The molecule has 4 heteroatoms. The van der Waals surface area contributed by atoms with Gasteiger partial charge in [-0.25, -0.2) is 4.39 Å². The fraction of sp³-hybridized carbons (Fsp3) is 0.250. The van der Waals surface area contributed by atoms with Crippen LogP contribution in [0.2, 0.25) is 0 Å². The summed E-state index contributed by atoms with van der Waals surface area (Å²) < 4.78 is 19.1. The minimum absolute atomic E-state index is 0.276. The second kappa shape index (κ2) is 6.50. The lowest BCUT2D eigenvalue weighted by Crippen LogP contribution is -2.30. The Kier molecular flexibility index (Phi) is 4.71. The van der Waals surface area contributed by atoms with E-state index in [1.54, 1.807) is 12.1 Å². The molecule has 1 unspecified atom stereocenters. The molecule has 0 radical (unpaired) electrons. The van der Waals surface area contributed by atoms with Crippen LogP contribution in [0.5, 0.6) is 5.75 Å². The fourth-order valence-electron chi connectivity index (χ4n) is 2.24. The number of hydrogen-bond donors (Lipinski definition) is 2. The van der Waals surface area contributed by atoms with E-state index >= 15 is 0 Å². The van der Waals surface area contributed by atoms with Gasteiger partial charge in [-0.3, -0.25) is 11.3 Å². The average molecular weight is 274 g/mol. The van der Waals surface area contributed by atoms with Gasteiger partial charge < -0.3 is 4.74 Å². The highest BCUT2D eigenvalue weighted by Crippen LogP contribution is 2.25. The average Bonchev–Trinajstić information content (AvgIpc) is 2.47. The number of nitrogens with two attached hydrogens (primary N) is 1. The molecule has 2 aromatic rings. The van der Waals surface area contributed by atoms with E-state index in [1.165, 1.54) is 18.7 Å². The highest BCUT2D eigenvalue weighted by atomic mass is 19.1. The summed E-state index contributed by atoms with van der Waals surface area (Å²) in [7, 11) is 1.51. The molecule has 0 amide bonds. The number of methoxy groups -OCH3 is 1. The Bertz CT molecular complexity index is 586. The van der Waals surface area contributed by atoms with Crippen molar-refractivity contribution in [2.45, 2.75) is 19.4 Å². The standard InChI is InChI=1S/C16H19FN2O/c1-11-5-3-4-6-12(11)9-16(19-18)14-8-7-13(20-2)10-15(14)17/h3-8,10,16,19H,9,18H2,1-2H3. The molecule has 3 N–H and O–H groups in total. The molecular formula is C16H19FN2O. The zero-order valence-corrected chi connectivity index (χ0v) is 11.7. The smallest absolute Gasteiger partial charge is 0.131 e. The highest BCUT2D eigenvalue weighted by Gasteiger charge is 2.16. The van der Waals surface area contributed by atoms with Crippen LogP contribution in [-0.4, -0.2) is 7.11 Å². The third-order valence-electron chi connectivity index (χ3n) is 3.47. The zero-order valence-electron chi connectivity index (χ0n) is 11.7. The topological polar surface area (TPSA) is 47.3 Å². The lowest BCUT2D eigenvalue weighted by atomic mass is 9.96. The molecule has 3 nitrogen and oxygen atoms in total. The van der Waals surface area contributed by atoms with Crippen LogP contribution in [-0.2, 0) is 6.42 Å². The summed E-state index contributed by atoms with van der Waals surface area (Å²) >= 11 is 0. The molecule has 0 bridgehead atoms.